The predicted molar refractivity (Wildman–Crippen MR) is 135 cm³/mol. The zero-order valence-electron chi connectivity index (χ0n) is 18.6. The quantitative estimate of drug-likeness (QED) is 0.445. The molecule has 0 fully saturated rings. The molecule has 9 heteroatoms. The Morgan fingerprint density at radius 3 is 2.42 bits per heavy atom. The van der Waals surface area contributed by atoms with Gasteiger partial charge < -0.3 is 10.6 Å². The molecule has 0 saturated heterocycles. The van der Waals surface area contributed by atoms with Gasteiger partial charge in [-0.1, -0.05) is 55.8 Å². The minimum absolute atomic E-state index is 0.0146. The minimum Gasteiger partial charge on any atom is -0.383 e. The number of aromatic amines is 1. The lowest BCUT2D eigenvalue weighted by atomic mass is 10.2. The molecule has 33 heavy (non-hydrogen) atoms. The van der Waals surface area contributed by atoms with Crippen molar-refractivity contribution in [3.8, 4) is 0 Å². The molecule has 1 aromatic heterocycles. The summed E-state index contributed by atoms with van der Waals surface area (Å²) in [6.45, 7) is 4.40. The highest BCUT2D eigenvalue weighted by Crippen LogP contribution is 2.24. The fraction of sp³-hybridized carbons (Fsp3) is 0.292. The van der Waals surface area contributed by atoms with E-state index in [2.05, 4.69) is 4.98 Å². The molecule has 0 aliphatic heterocycles. The number of anilines is 2. The van der Waals surface area contributed by atoms with E-state index in [1.165, 1.54) is 21.2 Å². The van der Waals surface area contributed by atoms with Crippen molar-refractivity contribution in [3.63, 3.8) is 0 Å². The number of nitrogens with zero attached hydrogens (tertiary/aromatic N) is 2. The Kier molecular flexibility index (Phi) is 8.41. The molecule has 0 aliphatic carbocycles. The van der Waals surface area contributed by atoms with E-state index in [4.69, 9.17) is 17.3 Å². The first kappa shape index (κ1) is 24.7. The molecule has 0 atom stereocenters. The van der Waals surface area contributed by atoms with Crippen LogP contribution in [0.4, 0.5) is 11.5 Å². The van der Waals surface area contributed by atoms with Crippen LogP contribution in [0.25, 0.3) is 0 Å². The van der Waals surface area contributed by atoms with Crippen molar-refractivity contribution in [1.29, 1.82) is 0 Å². The molecule has 1 heterocycles. The SMILES string of the molecule is CC(C)CN(C(=O)CCSc1ccc(Cl)cc1)c1c(N)n(Cc2ccccc2)c(=O)[nH]c1=O. The van der Waals surface area contributed by atoms with Crippen molar-refractivity contribution in [2.24, 2.45) is 5.92 Å². The van der Waals surface area contributed by atoms with Crippen LogP contribution in [0.5, 0.6) is 0 Å². The Morgan fingerprint density at radius 2 is 1.79 bits per heavy atom. The monoisotopic (exact) mass is 486 g/mol. The summed E-state index contributed by atoms with van der Waals surface area (Å²) in [5.41, 5.74) is 5.90. The molecule has 174 valence electrons. The minimum atomic E-state index is -0.666. The molecule has 3 aromatic rings. The number of hydrogen-bond acceptors (Lipinski definition) is 5. The second-order valence-electron chi connectivity index (χ2n) is 8.02. The lowest BCUT2D eigenvalue weighted by Gasteiger charge is -2.26. The van der Waals surface area contributed by atoms with Gasteiger partial charge >= 0.3 is 5.69 Å². The number of nitrogens with one attached hydrogen (secondary N) is 1. The summed E-state index contributed by atoms with van der Waals surface area (Å²) in [7, 11) is 0. The first-order valence-corrected chi connectivity index (χ1v) is 12.0. The summed E-state index contributed by atoms with van der Waals surface area (Å²) in [6.07, 6.45) is 0.205. The Morgan fingerprint density at radius 1 is 1.12 bits per heavy atom. The average Bonchev–Trinajstić information content (AvgIpc) is 2.77. The number of benzene rings is 2. The summed E-state index contributed by atoms with van der Waals surface area (Å²) >= 11 is 7.45. The van der Waals surface area contributed by atoms with Gasteiger partial charge in [0.2, 0.25) is 5.91 Å². The van der Waals surface area contributed by atoms with Crippen molar-refractivity contribution in [3.05, 3.63) is 86.0 Å². The smallest absolute Gasteiger partial charge is 0.330 e. The van der Waals surface area contributed by atoms with E-state index in [1.807, 2.05) is 56.3 Å². The van der Waals surface area contributed by atoms with E-state index in [1.54, 1.807) is 12.1 Å². The average molecular weight is 487 g/mol. The number of amides is 1. The van der Waals surface area contributed by atoms with E-state index in [0.29, 0.717) is 17.3 Å². The van der Waals surface area contributed by atoms with Crippen LogP contribution < -0.4 is 21.9 Å². The third kappa shape index (κ3) is 6.52. The summed E-state index contributed by atoms with van der Waals surface area (Å²) in [5.74, 6) is 0.363. The normalized spacial score (nSPS) is 11.0. The number of aromatic nitrogens is 2. The Balaban J connectivity index is 1.87. The molecule has 3 N–H and O–H groups in total. The fourth-order valence-electron chi connectivity index (χ4n) is 3.37. The van der Waals surface area contributed by atoms with Crippen LogP contribution in [0.3, 0.4) is 0 Å². The van der Waals surface area contributed by atoms with Gasteiger partial charge in [0.15, 0.2) is 5.69 Å². The zero-order valence-corrected chi connectivity index (χ0v) is 20.2. The van der Waals surface area contributed by atoms with Crippen LogP contribution in [0, 0.1) is 5.92 Å². The summed E-state index contributed by atoms with van der Waals surface area (Å²) < 4.78 is 1.29. The van der Waals surface area contributed by atoms with Gasteiger partial charge in [-0.05, 0) is 35.7 Å². The van der Waals surface area contributed by atoms with Gasteiger partial charge in [0.1, 0.15) is 5.82 Å². The van der Waals surface area contributed by atoms with E-state index in [-0.39, 0.29) is 36.3 Å². The fourth-order valence-corrected chi connectivity index (χ4v) is 4.33. The molecule has 0 unspecified atom stereocenters. The summed E-state index contributed by atoms with van der Waals surface area (Å²) in [5, 5.41) is 0.652. The number of rotatable bonds is 9. The molecule has 0 saturated carbocycles. The van der Waals surface area contributed by atoms with Gasteiger partial charge in [-0.25, -0.2) is 4.79 Å². The standard InChI is InChI=1S/C24H27ClN4O3S/c1-16(2)14-28(20(30)12-13-33-19-10-8-18(25)9-11-19)21-22(26)29(24(32)27-23(21)31)15-17-6-4-3-5-7-17/h3-11,16H,12-15,26H2,1-2H3,(H,27,31,32). The molecule has 0 bridgehead atoms. The summed E-state index contributed by atoms with van der Waals surface area (Å²) in [6, 6.07) is 16.7. The number of nitrogen functional groups attached to an aromatic ring is 1. The van der Waals surface area contributed by atoms with Gasteiger partial charge in [-0.15, -0.1) is 11.8 Å². The lowest BCUT2D eigenvalue weighted by molar-refractivity contribution is -0.118. The van der Waals surface area contributed by atoms with Crippen LogP contribution in [0.1, 0.15) is 25.8 Å². The van der Waals surface area contributed by atoms with E-state index in [9.17, 15) is 14.4 Å². The second-order valence-corrected chi connectivity index (χ2v) is 9.62. The van der Waals surface area contributed by atoms with Crippen LogP contribution in [0.15, 0.2) is 69.1 Å². The molecule has 0 spiro atoms. The highest BCUT2D eigenvalue weighted by molar-refractivity contribution is 7.99. The van der Waals surface area contributed by atoms with Crippen LogP contribution >= 0.6 is 23.4 Å². The second kappa shape index (κ2) is 11.2. The van der Waals surface area contributed by atoms with E-state index >= 15 is 0 Å². The first-order chi connectivity index (χ1) is 15.8. The number of H-pyrrole nitrogens is 1. The van der Waals surface area contributed by atoms with Gasteiger partial charge in [0.05, 0.1) is 6.54 Å². The van der Waals surface area contributed by atoms with Crippen molar-refractivity contribution in [1.82, 2.24) is 9.55 Å². The van der Waals surface area contributed by atoms with Gasteiger partial charge in [0, 0.05) is 28.6 Å². The highest BCUT2D eigenvalue weighted by Gasteiger charge is 2.25. The van der Waals surface area contributed by atoms with Gasteiger partial charge in [-0.2, -0.15) is 0 Å². The lowest BCUT2D eigenvalue weighted by Crippen LogP contribution is -2.42. The molecule has 3 rings (SSSR count). The number of thioether (sulfide) groups is 1. The molecule has 2 aromatic carbocycles. The predicted octanol–water partition coefficient (Wildman–Crippen LogP) is 3.99. The Bertz CT molecular complexity index is 1210. The molecule has 0 aliphatic rings. The topological polar surface area (TPSA) is 101 Å². The van der Waals surface area contributed by atoms with Crippen molar-refractivity contribution in [2.45, 2.75) is 31.7 Å². The number of halogens is 1. The first-order valence-electron chi connectivity index (χ1n) is 10.6. The zero-order chi connectivity index (χ0) is 24.0. The van der Waals surface area contributed by atoms with Crippen molar-refractivity contribution >= 4 is 40.8 Å². The largest absolute Gasteiger partial charge is 0.383 e. The molecule has 7 nitrogen and oxygen atoms in total. The maximum atomic E-state index is 13.2. The number of hydrogen-bond donors (Lipinski definition) is 2. The van der Waals surface area contributed by atoms with Crippen LogP contribution in [-0.4, -0.2) is 27.8 Å². The Labute approximate surface area is 201 Å². The number of carbonyl (C=O) groups excluding carboxylic acids is 1. The maximum absolute atomic E-state index is 13.2. The molecular weight excluding hydrogens is 460 g/mol. The molecule has 1 amide bonds. The third-order valence-corrected chi connectivity index (χ3v) is 6.18. The van der Waals surface area contributed by atoms with Crippen LogP contribution in [-0.2, 0) is 11.3 Å². The number of nitrogens with two attached hydrogens (primary N) is 1. The van der Waals surface area contributed by atoms with Gasteiger partial charge in [-0.3, -0.25) is 19.1 Å². The van der Waals surface area contributed by atoms with Crippen LogP contribution in [0.2, 0.25) is 5.02 Å². The third-order valence-electron chi connectivity index (χ3n) is 4.91. The Hall–Kier alpha value is -2.97. The molecular formula is C24H27ClN4O3S. The number of carbonyl (C=O) groups is 1. The van der Waals surface area contributed by atoms with E-state index in [0.717, 1.165) is 10.5 Å². The maximum Gasteiger partial charge on any atom is 0.330 e. The van der Waals surface area contributed by atoms with Crippen molar-refractivity contribution < 1.29 is 4.79 Å². The van der Waals surface area contributed by atoms with Crippen molar-refractivity contribution in [2.75, 3.05) is 22.9 Å². The summed E-state index contributed by atoms with van der Waals surface area (Å²) in [4.78, 5) is 43.2. The van der Waals surface area contributed by atoms with Gasteiger partial charge in [0.25, 0.3) is 5.56 Å². The molecule has 0 radical (unpaired) electrons. The highest BCUT2D eigenvalue weighted by atomic mass is 35.5. The van der Waals surface area contributed by atoms with E-state index < -0.39 is 11.2 Å².